The second-order valence-electron chi connectivity index (χ2n) is 5.36. The summed E-state index contributed by atoms with van der Waals surface area (Å²) in [5, 5.41) is 4.23. The van der Waals surface area contributed by atoms with Crippen molar-refractivity contribution in [3.63, 3.8) is 0 Å². The standard InChI is InChI=1S/C18H15N3O2/c1-11-3-5-12(6-4-11)21-18-17-16(19-10-20-18)14-8-7-13(22-2)9-15(14)23-17/h3-10H,1-2H3,(H,19,20,21). The number of rotatable bonds is 3. The molecule has 0 amide bonds. The SMILES string of the molecule is COc1ccc2c(c1)oc1c(Nc3ccc(C)cc3)ncnc12. The molecule has 4 aromatic rings. The minimum Gasteiger partial charge on any atom is -0.497 e. The number of benzene rings is 2. The van der Waals surface area contributed by atoms with Crippen LogP contribution >= 0.6 is 0 Å². The molecule has 0 aliphatic heterocycles. The van der Waals surface area contributed by atoms with Gasteiger partial charge in [0, 0.05) is 17.1 Å². The summed E-state index contributed by atoms with van der Waals surface area (Å²) in [5.74, 6) is 1.39. The molecular weight excluding hydrogens is 290 g/mol. The molecule has 0 unspecified atom stereocenters. The Balaban J connectivity index is 1.85. The van der Waals surface area contributed by atoms with E-state index < -0.39 is 0 Å². The zero-order valence-electron chi connectivity index (χ0n) is 12.8. The molecule has 0 bridgehead atoms. The molecule has 114 valence electrons. The minimum absolute atomic E-state index is 0.635. The smallest absolute Gasteiger partial charge is 0.196 e. The quantitative estimate of drug-likeness (QED) is 0.606. The summed E-state index contributed by atoms with van der Waals surface area (Å²) in [5.41, 5.74) is 4.31. The van der Waals surface area contributed by atoms with Gasteiger partial charge in [0.2, 0.25) is 0 Å². The highest BCUT2D eigenvalue weighted by Gasteiger charge is 2.14. The predicted molar refractivity (Wildman–Crippen MR) is 90.3 cm³/mol. The van der Waals surface area contributed by atoms with Gasteiger partial charge < -0.3 is 14.5 Å². The van der Waals surface area contributed by atoms with E-state index in [1.807, 2.05) is 42.5 Å². The van der Waals surface area contributed by atoms with Crippen LogP contribution in [-0.4, -0.2) is 17.1 Å². The number of nitrogens with one attached hydrogen (secondary N) is 1. The van der Waals surface area contributed by atoms with Crippen molar-refractivity contribution >= 4 is 33.6 Å². The highest BCUT2D eigenvalue weighted by Crippen LogP contribution is 2.33. The molecule has 0 aliphatic rings. The van der Waals surface area contributed by atoms with Crippen molar-refractivity contribution in [1.29, 1.82) is 0 Å². The van der Waals surface area contributed by atoms with Crippen LogP contribution in [0.5, 0.6) is 5.75 Å². The van der Waals surface area contributed by atoms with E-state index >= 15 is 0 Å². The summed E-state index contributed by atoms with van der Waals surface area (Å²) in [6.45, 7) is 2.05. The Morgan fingerprint density at radius 3 is 2.65 bits per heavy atom. The molecule has 0 aliphatic carbocycles. The average molecular weight is 305 g/mol. The highest BCUT2D eigenvalue weighted by molar-refractivity contribution is 6.06. The van der Waals surface area contributed by atoms with Gasteiger partial charge in [0.05, 0.1) is 7.11 Å². The van der Waals surface area contributed by atoms with Crippen molar-refractivity contribution in [1.82, 2.24) is 9.97 Å². The maximum atomic E-state index is 5.95. The number of aromatic nitrogens is 2. The van der Waals surface area contributed by atoms with Crippen molar-refractivity contribution in [3.8, 4) is 5.75 Å². The zero-order valence-corrected chi connectivity index (χ0v) is 12.8. The van der Waals surface area contributed by atoms with Gasteiger partial charge in [0.15, 0.2) is 11.4 Å². The average Bonchev–Trinajstić information content (AvgIpc) is 2.95. The first kappa shape index (κ1) is 13.6. The number of furan rings is 1. The molecule has 0 radical (unpaired) electrons. The van der Waals surface area contributed by atoms with Crippen LogP contribution in [0.1, 0.15) is 5.56 Å². The van der Waals surface area contributed by atoms with Crippen LogP contribution in [0.2, 0.25) is 0 Å². The summed E-state index contributed by atoms with van der Waals surface area (Å²) < 4.78 is 11.2. The third kappa shape index (κ3) is 2.36. The number of hydrogen-bond donors (Lipinski definition) is 1. The van der Waals surface area contributed by atoms with Crippen LogP contribution in [0.3, 0.4) is 0 Å². The maximum Gasteiger partial charge on any atom is 0.196 e. The van der Waals surface area contributed by atoms with Gasteiger partial charge in [0.25, 0.3) is 0 Å². The first-order valence-electron chi connectivity index (χ1n) is 7.29. The van der Waals surface area contributed by atoms with Gasteiger partial charge in [-0.3, -0.25) is 0 Å². The van der Waals surface area contributed by atoms with Crippen molar-refractivity contribution in [2.75, 3.05) is 12.4 Å². The van der Waals surface area contributed by atoms with Crippen LogP contribution < -0.4 is 10.1 Å². The number of aryl methyl sites for hydroxylation is 1. The Morgan fingerprint density at radius 2 is 1.87 bits per heavy atom. The van der Waals surface area contributed by atoms with Gasteiger partial charge in [0.1, 0.15) is 23.2 Å². The molecule has 1 N–H and O–H groups in total. The first-order valence-corrected chi connectivity index (χ1v) is 7.29. The van der Waals surface area contributed by atoms with Crippen LogP contribution in [0, 0.1) is 6.92 Å². The molecule has 0 saturated carbocycles. The lowest BCUT2D eigenvalue weighted by Gasteiger charge is -2.05. The number of hydrogen-bond acceptors (Lipinski definition) is 5. The Hall–Kier alpha value is -3.08. The molecule has 0 spiro atoms. The van der Waals surface area contributed by atoms with E-state index in [0.717, 1.165) is 27.9 Å². The summed E-state index contributed by atoms with van der Waals surface area (Å²) in [6.07, 6.45) is 1.54. The lowest BCUT2D eigenvalue weighted by atomic mass is 10.2. The third-order valence-corrected chi connectivity index (χ3v) is 3.77. The van der Waals surface area contributed by atoms with Gasteiger partial charge in [-0.15, -0.1) is 0 Å². The van der Waals surface area contributed by atoms with Crippen molar-refractivity contribution in [3.05, 3.63) is 54.4 Å². The van der Waals surface area contributed by atoms with E-state index in [2.05, 4.69) is 22.2 Å². The van der Waals surface area contributed by atoms with Crippen molar-refractivity contribution in [2.45, 2.75) is 6.92 Å². The molecule has 2 aromatic heterocycles. The van der Waals surface area contributed by atoms with Gasteiger partial charge in [-0.1, -0.05) is 17.7 Å². The fourth-order valence-electron chi connectivity index (χ4n) is 2.54. The van der Waals surface area contributed by atoms with Crippen LogP contribution in [0.15, 0.2) is 53.2 Å². The van der Waals surface area contributed by atoms with Gasteiger partial charge in [-0.2, -0.15) is 0 Å². The second-order valence-corrected chi connectivity index (χ2v) is 5.36. The second kappa shape index (κ2) is 5.28. The molecular formula is C18H15N3O2. The normalized spacial score (nSPS) is 11.0. The number of nitrogens with zero attached hydrogens (tertiary/aromatic N) is 2. The predicted octanol–water partition coefficient (Wildman–Crippen LogP) is 4.44. The summed E-state index contributed by atoms with van der Waals surface area (Å²) in [7, 11) is 1.63. The molecule has 0 atom stereocenters. The maximum absolute atomic E-state index is 5.95. The lowest BCUT2D eigenvalue weighted by molar-refractivity contribution is 0.414. The number of anilines is 2. The fraction of sp³-hybridized carbons (Fsp3) is 0.111. The van der Waals surface area contributed by atoms with Gasteiger partial charge >= 0.3 is 0 Å². The number of fused-ring (bicyclic) bond motifs is 3. The van der Waals surface area contributed by atoms with Crippen LogP contribution in [0.25, 0.3) is 22.1 Å². The molecule has 23 heavy (non-hydrogen) atoms. The van der Waals surface area contributed by atoms with E-state index in [4.69, 9.17) is 9.15 Å². The van der Waals surface area contributed by atoms with Gasteiger partial charge in [-0.05, 0) is 31.2 Å². The Labute approximate surface area is 132 Å². The third-order valence-electron chi connectivity index (χ3n) is 3.77. The summed E-state index contributed by atoms with van der Waals surface area (Å²) >= 11 is 0. The van der Waals surface area contributed by atoms with Crippen molar-refractivity contribution in [2.24, 2.45) is 0 Å². The number of ether oxygens (including phenoxy) is 1. The molecule has 4 rings (SSSR count). The Kier molecular flexibility index (Phi) is 3.12. The Morgan fingerprint density at radius 1 is 1.04 bits per heavy atom. The highest BCUT2D eigenvalue weighted by atomic mass is 16.5. The zero-order chi connectivity index (χ0) is 15.8. The minimum atomic E-state index is 0.635. The number of methoxy groups -OCH3 is 1. The summed E-state index contributed by atoms with van der Waals surface area (Å²) in [6, 6.07) is 13.8. The summed E-state index contributed by atoms with van der Waals surface area (Å²) in [4.78, 5) is 8.67. The fourth-order valence-corrected chi connectivity index (χ4v) is 2.54. The largest absolute Gasteiger partial charge is 0.497 e. The van der Waals surface area contributed by atoms with E-state index in [1.165, 1.54) is 11.9 Å². The Bertz CT molecular complexity index is 990. The van der Waals surface area contributed by atoms with Crippen LogP contribution in [-0.2, 0) is 0 Å². The molecule has 2 aromatic carbocycles. The van der Waals surface area contributed by atoms with Crippen molar-refractivity contribution < 1.29 is 9.15 Å². The molecule has 5 heteroatoms. The monoisotopic (exact) mass is 305 g/mol. The lowest BCUT2D eigenvalue weighted by Crippen LogP contribution is -1.94. The molecule has 0 fully saturated rings. The topological polar surface area (TPSA) is 60.2 Å². The molecule has 2 heterocycles. The van der Waals surface area contributed by atoms with Gasteiger partial charge in [-0.25, -0.2) is 9.97 Å². The van der Waals surface area contributed by atoms with E-state index in [1.54, 1.807) is 7.11 Å². The first-order chi connectivity index (χ1) is 11.2. The van der Waals surface area contributed by atoms with E-state index in [9.17, 15) is 0 Å². The van der Waals surface area contributed by atoms with Crippen LogP contribution in [0.4, 0.5) is 11.5 Å². The molecule has 5 nitrogen and oxygen atoms in total. The van der Waals surface area contributed by atoms with E-state index in [-0.39, 0.29) is 0 Å². The molecule has 0 saturated heterocycles. The van der Waals surface area contributed by atoms with E-state index in [0.29, 0.717) is 11.4 Å².